The molecule has 0 radical (unpaired) electrons. The number of halogens is 2. The molecule has 0 aliphatic carbocycles. The topological polar surface area (TPSA) is 87.6 Å². The summed E-state index contributed by atoms with van der Waals surface area (Å²) in [6, 6.07) is 10.3. The first-order valence-electron chi connectivity index (χ1n) is 12.0. The Kier molecular flexibility index (Phi) is 6.44. The van der Waals surface area contributed by atoms with E-state index >= 15 is 0 Å². The van der Waals surface area contributed by atoms with Crippen LogP contribution in [-0.4, -0.2) is 53.4 Å². The molecule has 2 unspecified atom stereocenters. The largest absolute Gasteiger partial charge is 0.396 e. The van der Waals surface area contributed by atoms with Gasteiger partial charge < -0.3 is 20.1 Å². The zero-order valence-electron chi connectivity index (χ0n) is 20.2. The summed E-state index contributed by atoms with van der Waals surface area (Å²) in [6.07, 6.45) is 3.72. The van der Waals surface area contributed by atoms with Crippen LogP contribution in [0.5, 0.6) is 0 Å². The van der Waals surface area contributed by atoms with Crippen molar-refractivity contribution < 1.29 is 23.4 Å². The van der Waals surface area contributed by atoms with E-state index in [1.54, 1.807) is 6.07 Å². The van der Waals surface area contributed by atoms with Crippen molar-refractivity contribution >= 4 is 17.3 Å². The molecule has 36 heavy (non-hydrogen) atoms. The summed E-state index contributed by atoms with van der Waals surface area (Å²) >= 11 is 0. The van der Waals surface area contributed by atoms with E-state index in [1.807, 2.05) is 25.3 Å². The van der Waals surface area contributed by atoms with E-state index in [4.69, 9.17) is 9.72 Å². The van der Waals surface area contributed by atoms with Crippen LogP contribution in [0.2, 0.25) is 0 Å². The van der Waals surface area contributed by atoms with Crippen LogP contribution in [0, 0.1) is 12.8 Å². The molecule has 2 aliphatic rings. The van der Waals surface area contributed by atoms with E-state index in [9.17, 15) is 18.7 Å². The van der Waals surface area contributed by atoms with Crippen LogP contribution in [0.15, 0.2) is 48.8 Å². The molecule has 7 nitrogen and oxygen atoms in total. The van der Waals surface area contributed by atoms with Gasteiger partial charge in [-0.05, 0) is 54.8 Å². The Bertz CT molecular complexity index is 1290. The minimum absolute atomic E-state index is 0.0813. The average molecular weight is 495 g/mol. The number of fused-ring (bicyclic) bond motifs is 3. The quantitative estimate of drug-likeness (QED) is 0.553. The Labute approximate surface area is 208 Å². The fourth-order valence-corrected chi connectivity index (χ4v) is 4.94. The van der Waals surface area contributed by atoms with Gasteiger partial charge >= 0.3 is 0 Å². The summed E-state index contributed by atoms with van der Waals surface area (Å²) < 4.78 is 33.0. The molecule has 1 fully saturated rings. The Balaban J connectivity index is 1.43. The number of pyridine rings is 2. The number of carbonyl (C=O) groups excluding carboxylic acids is 1. The van der Waals surface area contributed by atoms with Crippen LogP contribution >= 0.6 is 0 Å². The van der Waals surface area contributed by atoms with Crippen molar-refractivity contribution in [1.82, 2.24) is 9.97 Å². The van der Waals surface area contributed by atoms with Gasteiger partial charge in [-0.1, -0.05) is 6.07 Å². The highest BCUT2D eigenvalue weighted by Crippen LogP contribution is 2.37. The molecule has 0 spiro atoms. The molecule has 0 saturated carbocycles. The zero-order valence-corrected chi connectivity index (χ0v) is 20.2. The molecule has 2 aliphatic heterocycles. The van der Waals surface area contributed by atoms with E-state index in [0.29, 0.717) is 25.3 Å². The van der Waals surface area contributed by atoms with Gasteiger partial charge in [-0.3, -0.25) is 14.8 Å². The summed E-state index contributed by atoms with van der Waals surface area (Å²) in [7, 11) is 0. The highest BCUT2D eigenvalue weighted by molar-refractivity contribution is 6.04. The van der Waals surface area contributed by atoms with Crippen LogP contribution in [0.3, 0.4) is 0 Å². The zero-order chi connectivity index (χ0) is 25.4. The van der Waals surface area contributed by atoms with Crippen LogP contribution in [-0.2, 0) is 17.1 Å². The number of ether oxygens (including phenoxy) is 1. The van der Waals surface area contributed by atoms with E-state index in [-0.39, 0.29) is 24.1 Å². The van der Waals surface area contributed by atoms with Gasteiger partial charge in [0.1, 0.15) is 5.69 Å². The SMILES string of the molecule is Cc1ccc(NC(=O)c2ccnc(C(C)(F)F)c2)cc1-c1cnc2c(c1)N1CCOCC1C(CO)C2. The Morgan fingerprint density at radius 3 is 2.86 bits per heavy atom. The monoisotopic (exact) mass is 494 g/mol. The third-order valence-corrected chi connectivity index (χ3v) is 6.93. The van der Waals surface area contributed by atoms with Crippen LogP contribution < -0.4 is 10.2 Å². The van der Waals surface area contributed by atoms with Crippen molar-refractivity contribution in [3.05, 3.63) is 71.3 Å². The number of aryl methyl sites for hydroxylation is 1. The number of amides is 1. The minimum atomic E-state index is -3.14. The standard InChI is InChI=1S/C27H28F2N4O3/c1-16-3-4-20(32-26(35)17-5-6-30-25(11-17)27(2,28)29)12-21(16)18-10-23-22(31-13-18)9-19(14-34)24-15-36-8-7-33(23)24/h3-6,10-13,19,24,34H,7-9,14-15H2,1-2H3,(H,32,35). The summed E-state index contributed by atoms with van der Waals surface area (Å²) in [5.41, 5.74) is 5.03. The lowest BCUT2D eigenvalue weighted by Gasteiger charge is -2.45. The Hall–Kier alpha value is -3.43. The molecule has 188 valence electrons. The van der Waals surface area contributed by atoms with Gasteiger partial charge in [0.05, 0.1) is 30.6 Å². The number of carbonyl (C=O) groups is 1. The van der Waals surface area contributed by atoms with Gasteiger partial charge in [-0.15, -0.1) is 0 Å². The van der Waals surface area contributed by atoms with Crippen molar-refractivity contribution in [2.45, 2.75) is 32.2 Å². The van der Waals surface area contributed by atoms with E-state index in [1.165, 1.54) is 12.3 Å². The molecule has 2 N–H and O–H groups in total. The van der Waals surface area contributed by atoms with Crippen LogP contribution in [0.25, 0.3) is 11.1 Å². The molecule has 1 saturated heterocycles. The second kappa shape index (κ2) is 9.55. The second-order valence-electron chi connectivity index (χ2n) is 9.47. The van der Waals surface area contributed by atoms with Crippen molar-refractivity contribution in [2.75, 3.05) is 36.6 Å². The first-order chi connectivity index (χ1) is 17.2. The normalized spacial score (nSPS) is 19.4. The molecular formula is C27H28F2N4O3. The molecule has 0 bridgehead atoms. The number of aromatic nitrogens is 2. The summed E-state index contributed by atoms with van der Waals surface area (Å²) in [4.78, 5) is 23.5. The Morgan fingerprint density at radius 1 is 1.25 bits per heavy atom. The van der Waals surface area contributed by atoms with Gasteiger partial charge in [-0.2, -0.15) is 8.78 Å². The van der Waals surface area contributed by atoms with Crippen LogP contribution in [0.1, 0.15) is 34.2 Å². The summed E-state index contributed by atoms with van der Waals surface area (Å²) in [5.74, 6) is -3.55. The lowest BCUT2D eigenvalue weighted by molar-refractivity contribution is 0.0127. The fourth-order valence-electron chi connectivity index (χ4n) is 4.94. The number of nitrogens with zero attached hydrogens (tertiary/aromatic N) is 3. The predicted molar refractivity (Wildman–Crippen MR) is 132 cm³/mol. The summed E-state index contributed by atoms with van der Waals surface area (Å²) in [5, 5.41) is 12.7. The molecule has 3 aromatic rings. The van der Waals surface area contributed by atoms with Crippen molar-refractivity contribution in [3.63, 3.8) is 0 Å². The van der Waals surface area contributed by atoms with Gasteiger partial charge in [0.15, 0.2) is 0 Å². The van der Waals surface area contributed by atoms with Crippen molar-refractivity contribution in [1.29, 1.82) is 0 Å². The number of aliphatic hydroxyl groups is 1. The third-order valence-electron chi connectivity index (χ3n) is 6.93. The molecule has 1 amide bonds. The molecule has 5 rings (SSSR count). The van der Waals surface area contributed by atoms with E-state index in [0.717, 1.165) is 47.6 Å². The number of nitrogens with one attached hydrogen (secondary N) is 1. The Morgan fingerprint density at radius 2 is 2.08 bits per heavy atom. The van der Waals surface area contributed by atoms with Gasteiger partial charge in [0.25, 0.3) is 11.8 Å². The number of benzene rings is 1. The van der Waals surface area contributed by atoms with Crippen LogP contribution in [0.4, 0.5) is 20.2 Å². The molecule has 2 aromatic heterocycles. The second-order valence-corrected chi connectivity index (χ2v) is 9.47. The number of rotatable bonds is 5. The third kappa shape index (κ3) is 4.68. The smallest absolute Gasteiger partial charge is 0.286 e. The highest BCUT2D eigenvalue weighted by Gasteiger charge is 2.37. The lowest BCUT2D eigenvalue weighted by atomic mass is 9.87. The fraction of sp³-hybridized carbons (Fsp3) is 0.370. The van der Waals surface area contributed by atoms with Gasteiger partial charge in [-0.25, -0.2) is 0 Å². The van der Waals surface area contributed by atoms with E-state index < -0.39 is 17.5 Å². The van der Waals surface area contributed by atoms with E-state index in [2.05, 4.69) is 21.3 Å². The molecule has 9 heteroatoms. The maximum atomic E-state index is 13.7. The van der Waals surface area contributed by atoms with Gasteiger partial charge in [0, 0.05) is 55.2 Å². The molecule has 4 heterocycles. The number of morpholine rings is 1. The number of hydrogen-bond donors (Lipinski definition) is 2. The average Bonchev–Trinajstić information content (AvgIpc) is 2.88. The lowest BCUT2D eigenvalue weighted by Crippen LogP contribution is -2.54. The maximum absolute atomic E-state index is 13.7. The maximum Gasteiger partial charge on any atom is 0.286 e. The highest BCUT2D eigenvalue weighted by atomic mass is 19.3. The first kappa shape index (κ1) is 24.3. The molecule has 2 atom stereocenters. The molecule has 1 aromatic carbocycles. The van der Waals surface area contributed by atoms with Crippen molar-refractivity contribution in [2.24, 2.45) is 5.92 Å². The summed E-state index contributed by atoms with van der Waals surface area (Å²) in [6.45, 7) is 4.76. The first-order valence-corrected chi connectivity index (χ1v) is 12.0. The molecular weight excluding hydrogens is 466 g/mol. The number of aliphatic hydroxyl groups excluding tert-OH is 1. The number of anilines is 2. The predicted octanol–water partition coefficient (Wildman–Crippen LogP) is 4.19. The van der Waals surface area contributed by atoms with Gasteiger partial charge in [0.2, 0.25) is 0 Å². The number of alkyl halides is 2. The number of hydrogen-bond acceptors (Lipinski definition) is 6. The van der Waals surface area contributed by atoms with Crippen molar-refractivity contribution in [3.8, 4) is 11.1 Å². The minimum Gasteiger partial charge on any atom is -0.396 e.